The molecule has 0 saturated carbocycles. The molecule has 0 unspecified atom stereocenters. The molecule has 1 aliphatic rings. The number of hydrogen-bond donors (Lipinski definition) is 0. The van der Waals surface area contributed by atoms with Gasteiger partial charge in [-0.2, -0.15) is 0 Å². The van der Waals surface area contributed by atoms with Crippen LogP contribution >= 0.6 is 46.1 Å². The zero-order valence-electron chi connectivity index (χ0n) is 6.13. The van der Waals surface area contributed by atoms with Crippen LogP contribution in [0.25, 0.3) is 0 Å². The van der Waals surface area contributed by atoms with E-state index < -0.39 is 0 Å². The number of hydrogen-bond acceptors (Lipinski definition) is 4. The lowest BCUT2D eigenvalue weighted by atomic mass is 10.5. The Morgan fingerprint density at radius 3 is 2.64 bits per heavy atom. The van der Waals surface area contributed by atoms with Gasteiger partial charge < -0.3 is 4.74 Å². The summed E-state index contributed by atoms with van der Waals surface area (Å²) in [5, 5.41) is 0. The Morgan fingerprint density at radius 2 is 2.18 bits per heavy atom. The van der Waals surface area contributed by atoms with Crippen molar-refractivity contribution in [2.75, 3.05) is 16.1 Å². The van der Waals surface area contributed by atoms with Gasteiger partial charge in [-0.05, 0) is 29.5 Å². The minimum absolute atomic E-state index is 0.0839. The highest BCUT2D eigenvalue weighted by Gasteiger charge is 2.39. The maximum atomic E-state index is 11.3. The van der Waals surface area contributed by atoms with Crippen molar-refractivity contribution >= 4 is 52.1 Å². The van der Waals surface area contributed by atoms with E-state index in [2.05, 4.69) is 0 Å². The molecule has 0 aromatic heterocycles. The molecule has 1 aliphatic heterocycles. The topological polar surface area (TPSA) is 26.3 Å². The van der Waals surface area contributed by atoms with Gasteiger partial charge in [0.1, 0.15) is 4.61 Å². The Balaban J connectivity index is 2.49. The summed E-state index contributed by atoms with van der Waals surface area (Å²) in [5.41, 5.74) is 0. The maximum Gasteiger partial charge on any atom is 0.332 e. The maximum absolute atomic E-state index is 11.3. The summed E-state index contributed by atoms with van der Waals surface area (Å²) in [4.78, 5) is 11.3. The number of halogens is 1. The highest BCUT2D eigenvalue weighted by molar-refractivity contribution is 14.1. The van der Waals surface area contributed by atoms with Gasteiger partial charge in [-0.15, -0.1) is 23.5 Å². The monoisotopic (exact) mass is 304 g/mol. The van der Waals surface area contributed by atoms with Crippen LogP contribution in [0, 0.1) is 0 Å². The van der Waals surface area contributed by atoms with Crippen LogP contribution in [0.4, 0.5) is 0 Å². The lowest BCUT2D eigenvalue weighted by Gasteiger charge is -2.18. The first-order valence-corrected chi connectivity index (χ1v) is 6.70. The first kappa shape index (κ1) is 9.98. The second-order valence-electron chi connectivity index (χ2n) is 2.18. The molecule has 0 spiro atoms. The van der Waals surface area contributed by atoms with Crippen LogP contribution in [0.15, 0.2) is 0 Å². The second kappa shape index (κ2) is 4.23. The molecule has 5 heteroatoms. The minimum atomic E-state index is -0.328. The van der Waals surface area contributed by atoms with Gasteiger partial charge in [-0.1, -0.05) is 0 Å². The summed E-state index contributed by atoms with van der Waals surface area (Å²) in [6.45, 7) is 1.93. The van der Waals surface area contributed by atoms with Gasteiger partial charge in [0.15, 0.2) is 4.08 Å². The average molecular weight is 304 g/mol. The molecule has 2 nitrogen and oxygen atoms in total. The molecule has 1 rings (SSSR count). The summed E-state index contributed by atoms with van der Waals surface area (Å²) in [5.74, 6) is 2.02. The van der Waals surface area contributed by atoms with Crippen molar-refractivity contribution in [2.24, 2.45) is 0 Å². The number of alkyl halides is 1. The standard InChI is InChI=1S/C6H9IO2S2/c1-6(5(8)9-4-7)10-2-3-11-6/h2-4H2,1H3. The number of ether oxygens (including phenoxy) is 1. The van der Waals surface area contributed by atoms with Gasteiger partial charge in [0.2, 0.25) is 0 Å². The van der Waals surface area contributed by atoms with Crippen LogP contribution in [0.3, 0.4) is 0 Å². The van der Waals surface area contributed by atoms with E-state index in [1.165, 1.54) is 0 Å². The molecular weight excluding hydrogens is 295 g/mol. The van der Waals surface area contributed by atoms with Gasteiger partial charge in [0.25, 0.3) is 0 Å². The summed E-state index contributed by atoms with van der Waals surface area (Å²) < 4.78 is 5.06. The fraction of sp³-hybridized carbons (Fsp3) is 0.833. The number of carbonyl (C=O) groups is 1. The first-order valence-electron chi connectivity index (χ1n) is 3.20. The van der Waals surface area contributed by atoms with E-state index in [-0.39, 0.29) is 10.0 Å². The highest BCUT2D eigenvalue weighted by atomic mass is 127. The summed E-state index contributed by atoms with van der Waals surface area (Å²) in [7, 11) is 0. The van der Waals surface area contributed by atoms with E-state index in [4.69, 9.17) is 4.74 Å². The van der Waals surface area contributed by atoms with E-state index in [1.54, 1.807) is 23.5 Å². The molecule has 0 aromatic carbocycles. The van der Waals surface area contributed by atoms with E-state index in [0.717, 1.165) is 11.5 Å². The molecular formula is C6H9IO2S2. The van der Waals surface area contributed by atoms with Crippen molar-refractivity contribution in [2.45, 2.75) is 11.0 Å². The number of thioether (sulfide) groups is 2. The van der Waals surface area contributed by atoms with Crippen molar-refractivity contribution in [1.82, 2.24) is 0 Å². The Labute approximate surface area is 88.3 Å². The highest BCUT2D eigenvalue weighted by Crippen LogP contribution is 2.44. The third-order valence-corrected chi connectivity index (χ3v) is 4.92. The molecule has 1 heterocycles. The average Bonchev–Trinajstić information content (AvgIpc) is 2.38. The molecule has 1 fully saturated rings. The molecule has 0 bridgehead atoms. The van der Waals surface area contributed by atoms with Crippen molar-refractivity contribution in [3.63, 3.8) is 0 Å². The largest absolute Gasteiger partial charge is 0.453 e. The van der Waals surface area contributed by atoms with Crippen LogP contribution in [0.1, 0.15) is 6.92 Å². The quantitative estimate of drug-likeness (QED) is 0.443. The minimum Gasteiger partial charge on any atom is -0.453 e. The number of rotatable bonds is 2. The first-order chi connectivity index (χ1) is 5.19. The Bertz CT molecular complexity index is 157. The predicted octanol–water partition coefficient (Wildman–Crippen LogP) is 2.12. The Kier molecular flexibility index (Phi) is 3.84. The van der Waals surface area contributed by atoms with Crippen LogP contribution in [0.5, 0.6) is 0 Å². The lowest BCUT2D eigenvalue weighted by molar-refractivity contribution is -0.140. The van der Waals surface area contributed by atoms with Gasteiger partial charge >= 0.3 is 5.97 Å². The molecule has 0 aromatic rings. The SMILES string of the molecule is CC1(C(=O)OCI)SCCS1. The zero-order chi connectivity index (χ0) is 8.32. The van der Waals surface area contributed by atoms with Crippen LogP contribution < -0.4 is 0 Å². The fourth-order valence-corrected chi connectivity index (χ4v) is 3.73. The van der Waals surface area contributed by atoms with Crippen molar-refractivity contribution in [3.05, 3.63) is 0 Å². The number of esters is 1. The molecule has 0 atom stereocenters. The van der Waals surface area contributed by atoms with E-state index in [0.29, 0.717) is 4.61 Å². The smallest absolute Gasteiger partial charge is 0.332 e. The van der Waals surface area contributed by atoms with Gasteiger partial charge in [0, 0.05) is 11.5 Å². The van der Waals surface area contributed by atoms with E-state index in [1.807, 2.05) is 29.5 Å². The van der Waals surface area contributed by atoms with Crippen LogP contribution in [-0.2, 0) is 9.53 Å². The van der Waals surface area contributed by atoms with Crippen LogP contribution in [0.2, 0.25) is 0 Å². The lowest BCUT2D eigenvalue weighted by Crippen LogP contribution is -2.27. The van der Waals surface area contributed by atoms with Gasteiger partial charge in [-0.3, -0.25) is 0 Å². The summed E-state index contributed by atoms with van der Waals surface area (Å²) >= 11 is 5.39. The van der Waals surface area contributed by atoms with Gasteiger partial charge in [0.05, 0.1) is 0 Å². The third-order valence-electron chi connectivity index (χ3n) is 1.39. The van der Waals surface area contributed by atoms with E-state index >= 15 is 0 Å². The fourth-order valence-electron chi connectivity index (χ4n) is 0.813. The Hall–Kier alpha value is 0.900. The number of carbonyl (C=O) groups excluding carboxylic acids is 1. The van der Waals surface area contributed by atoms with Crippen molar-refractivity contribution in [1.29, 1.82) is 0 Å². The van der Waals surface area contributed by atoms with E-state index in [9.17, 15) is 4.79 Å². The van der Waals surface area contributed by atoms with Gasteiger partial charge in [-0.25, -0.2) is 4.79 Å². The molecule has 64 valence electrons. The molecule has 0 radical (unpaired) electrons. The second-order valence-corrected chi connectivity index (χ2v) is 6.09. The molecule has 0 N–H and O–H groups in total. The third kappa shape index (κ3) is 2.42. The van der Waals surface area contributed by atoms with Crippen molar-refractivity contribution < 1.29 is 9.53 Å². The molecule has 0 aliphatic carbocycles. The summed E-state index contributed by atoms with van der Waals surface area (Å²) in [6, 6.07) is 0. The van der Waals surface area contributed by atoms with Crippen LogP contribution in [-0.4, -0.2) is 26.2 Å². The molecule has 0 amide bonds. The Morgan fingerprint density at radius 1 is 1.64 bits per heavy atom. The predicted molar refractivity (Wildman–Crippen MR) is 58.3 cm³/mol. The molecule has 11 heavy (non-hydrogen) atoms. The zero-order valence-corrected chi connectivity index (χ0v) is 9.92. The normalized spacial score (nSPS) is 21.6. The summed E-state index contributed by atoms with van der Waals surface area (Å²) in [6.07, 6.45) is 0. The van der Waals surface area contributed by atoms with Crippen molar-refractivity contribution in [3.8, 4) is 0 Å². The molecule has 1 saturated heterocycles.